The third kappa shape index (κ3) is 2.66. The lowest BCUT2D eigenvalue weighted by Crippen LogP contribution is -2.36. The van der Waals surface area contributed by atoms with Crippen LogP contribution < -0.4 is 10.6 Å². The van der Waals surface area contributed by atoms with Crippen LogP contribution in [0.2, 0.25) is 5.15 Å². The minimum absolute atomic E-state index is 0.315. The van der Waals surface area contributed by atoms with Crippen LogP contribution in [0.5, 0.6) is 0 Å². The van der Waals surface area contributed by atoms with Gasteiger partial charge in [-0.05, 0) is 0 Å². The SMILES string of the molecule is Nc1cc(N2CCOCC2)nc(-c2c[nH]c3ncc(Cl)nc23)n1. The Morgan fingerprint density at radius 1 is 1.22 bits per heavy atom. The number of aromatic amines is 1. The fourth-order valence-corrected chi connectivity index (χ4v) is 2.70. The molecular weight excluding hydrogens is 318 g/mol. The molecule has 0 bridgehead atoms. The normalized spacial score (nSPS) is 15.3. The third-order valence-corrected chi connectivity index (χ3v) is 3.84. The number of hydrogen-bond donors (Lipinski definition) is 2. The van der Waals surface area contributed by atoms with Crippen molar-refractivity contribution in [3.8, 4) is 11.4 Å². The number of nitrogens with zero attached hydrogens (tertiary/aromatic N) is 5. The molecule has 8 nitrogen and oxygen atoms in total. The van der Waals surface area contributed by atoms with Gasteiger partial charge in [0, 0.05) is 25.4 Å². The van der Waals surface area contributed by atoms with Crippen LogP contribution >= 0.6 is 11.6 Å². The lowest BCUT2D eigenvalue weighted by atomic mass is 10.2. The molecule has 1 fully saturated rings. The van der Waals surface area contributed by atoms with Crippen LogP contribution in [0.3, 0.4) is 0 Å². The second-order valence-corrected chi connectivity index (χ2v) is 5.55. The van der Waals surface area contributed by atoms with Gasteiger partial charge in [-0.15, -0.1) is 0 Å². The van der Waals surface area contributed by atoms with E-state index in [1.54, 1.807) is 12.3 Å². The maximum atomic E-state index is 5.96. The molecule has 0 spiro atoms. The highest BCUT2D eigenvalue weighted by Gasteiger charge is 2.17. The first-order chi connectivity index (χ1) is 11.2. The van der Waals surface area contributed by atoms with E-state index in [9.17, 15) is 0 Å². The Balaban J connectivity index is 1.81. The van der Waals surface area contributed by atoms with E-state index in [0.29, 0.717) is 41.2 Å². The predicted octanol–water partition coefficient (Wildman–Crippen LogP) is 1.49. The van der Waals surface area contributed by atoms with Gasteiger partial charge in [-0.25, -0.2) is 19.9 Å². The van der Waals surface area contributed by atoms with Crippen molar-refractivity contribution in [3.63, 3.8) is 0 Å². The summed E-state index contributed by atoms with van der Waals surface area (Å²) in [5.74, 6) is 1.68. The van der Waals surface area contributed by atoms with Gasteiger partial charge in [0.15, 0.2) is 11.5 Å². The molecule has 118 valence electrons. The molecule has 1 aliphatic heterocycles. The first-order valence-electron chi connectivity index (χ1n) is 7.18. The zero-order valence-electron chi connectivity index (χ0n) is 12.2. The van der Waals surface area contributed by atoms with E-state index in [0.717, 1.165) is 24.5 Å². The Hall–Kier alpha value is -2.45. The van der Waals surface area contributed by atoms with E-state index in [1.807, 2.05) is 0 Å². The molecule has 0 aromatic carbocycles. The standard InChI is InChI=1S/C14H14ClN7O/c15-9-7-18-14-12(19-9)8(6-17-14)13-20-10(16)5-11(21-13)22-1-3-23-4-2-22/h5-7H,1-4H2,(H,17,18)(H2,16,20,21). The molecular formula is C14H14ClN7O. The second kappa shape index (κ2) is 5.64. The smallest absolute Gasteiger partial charge is 0.167 e. The van der Waals surface area contributed by atoms with Gasteiger partial charge >= 0.3 is 0 Å². The van der Waals surface area contributed by atoms with E-state index in [4.69, 9.17) is 22.1 Å². The molecule has 4 rings (SSSR count). The van der Waals surface area contributed by atoms with Crippen molar-refractivity contribution in [3.05, 3.63) is 23.6 Å². The van der Waals surface area contributed by atoms with Crippen LogP contribution in [-0.4, -0.2) is 51.2 Å². The molecule has 0 radical (unpaired) electrons. The first kappa shape index (κ1) is 14.2. The first-order valence-corrected chi connectivity index (χ1v) is 7.56. The molecule has 3 aromatic rings. The zero-order valence-corrected chi connectivity index (χ0v) is 12.9. The fourth-order valence-electron chi connectivity index (χ4n) is 2.57. The zero-order chi connectivity index (χ0) is 15.8. The lowest BCUT2D eigenvalue weighted by Gasteiger charge is -2.28. The third-order valence-electron chi connectivity index (χ3n) is 3.66. The van der Waals surface area contributed by atoms with Crippen LogP contribution in [0.4, 0.5) is 11.6 Å². The molecule has 0 saturated carbocycles. The van der Waals surface area contributed by atoms with Gasteiger partial charge in [0.05, 0.1) is 25.0 Å². The highest BCUT2D eigenvalue weighted by molar-refractivity contribution is 6.29. The molecule has 4 heterocycles. The summed E-state index contributed by atoms with van der Waals surface area (Å²) in [5, 5.41) is 0.315. The van der Waals surface area contributed by atoms with Gasteiger partial charge in [-0.1, -0.05) is 11.6 Å². The van der Waals surface area contributed by atoms with Gasteiger partial charge in [0.25, 0.3) is 0 Å². The van der Waals surface area contributed by atoms with Crippen molar-refractivity contribution in [1.82, 2.24) is 24.9 Å². The molecule has 0 atom stereocenters. The Labute approximate surface area is 136 Å². The highest BCUT2D eigenvalue weighted by Crippen LogP contribution is 2.27. The quantitative estimate of drug-likeness (QED) is 0.732. The monoisotopic (exact) mass is 331 g/mol. The van der Waals surface area contributed by atoms with Gasteiger partial charge < -0.3 is 20.4 Å². The molecule has 1 saturated heterocycles. The van der Waals surface area contributed by atoms with Gasteiger partial charge in [0.2, 0.25) is 0 Å². The number of H-pyrrole nitrogens is 1. The minimum atomic E-state index is 0.315. The largest absolute Gasteiger partial charge is 0.384 e. The maximum Gasteiger partial charge on any atom is 0.167 e. The summed E-state index contributed by atoms with van der Waals surface area (Å²) >= 11 is 5.94. The topological polar surface area (TPSA) is 106 Å². The van der Waals surface area contributed by atoms with Crippen molar-refractivity contribution in [1.29, 1.82) is 0 Å². The minimum Gasteiger partial charge on any atom is -0.384 e. The van der Waals surface area contributed by atoms with Crippen LogP contribution in [0, 0.1) is 0 Å². The van der Waals surface area contributed by atoms with Crippen molar-refractivity contribution in [2.45, 2.75) is 0 Å². The Bertz CT molecular complexity index is 859. The van der Waals surface area contributed by atoms with Crippen LogP contribution in [-0.2, 0) is 4.74 Å². The van der Waals surface area contributed by atoms with Crippen LogP contribution in [0.25, 0.3) is 22.6 Å². The number of anilines is 2. The number of halogens is 1. The average molecular weight is 332 g/mol. The molecule has 23 heavy (non-hydrogen) atoms. The van der Waals surface area contributed by atoms with Crippen LogP contribution in [0.1, 0.15) is 0 Å². The average Bonchev–Trinajstić information content (AvgIpc) is 2.98. The number of ether oxygens (including phenoxy) is 1. The lowest BCUT2D eigenvalue weighted by molar-refractivity contribution is 0.122. The number of hydrogen-bond acceptors (Lipinski definition) is 7. The van der Waals surface area contributed by atoms with Crippen molar-refractivity contribution in [2.24, 2.45) is 0 Å². The summed E-state index contributed by atoms with van der Waals surface area (Å²) in [4.78, 5) is 22.6. The number of fused-ring (bicyclic) bond motifs is 1. The second-order valence-electron chi connectivity index (χ2n) is 5.17. The number of nitrogens with two attached hydrogens (primary N) is 1. The molecule has 3 aromatic heterocycles. The summed E-state index contributed by atoms with van der Waals surface area (Å²) in [6.07, 6.45) is 3.25. The Morgan fingerprint density at radius 2 is 2.04 bits per heavy atom. The number of nitrogens with one attached hydrogen (secondary N) is 1. The number of nitrogen functional groups attached to an aromatic ring is 1. The Morgan fingerprint density at radius 3 is 2.87 bits per heavy atom. The number of rotatable bonds is 2. The summed E-state index contributed by atoms with van der Waals surface area (Å²) < 4.78 is 5.37. The van der Waals surface area contributed by atoms with E-state index in [-0.39, 0.29) is 0 Å². The van der Waals surface area contributed by atoms with Gasteiger partial charge in [-0.2, -0.15) is 0 Å². The maximum absolute atomic E-state index is 5.96. The van der Waals surface area contributed by atoms with Crippen molar-refractivity contribution < 1.29 is 4.74 Å². The van der Waals surface area contributed by atoms with E-state index >= 15 is 0 Å². The highest BCUT2D eigenvalue weighted by atomic mass is 35.5. The van der Waals surface area contributed by atoms with E-state index in [1.165, 1.54) is 6.20 Å². The van der Waals surface area contributed by atoms with Crippen molar-refractivity contribution in [2.75, 3.05) is 36.9 Å². The molecule has 0 amide bonds. The number of aromatic nitrogens is 5. The summed E-state index contributed by atoms with van der Waals surface area (Å²) in [5.41, 5.74) is 7.93. The predicted molar refractivity (Wildman–Crippen MR) is 87.4 cm³/mol. The molecule has 0 unspecified atom stereocenters. The molecule has 1 aliphatic rings. The summed E-state index contributed by atoms with van der Waals surface area (Å²) in [7, 11) is 0. The molecule has 9 heteroatoms. The van der Waals surface area contributed by atoms with E-state index < -0.39 is 0 Å². The van der Waals surface area contributed by atoms with Gasteiger partial charge in [-0.3, -0.25) is 0 Å². The Kier molecular flexibility index (Phi) is 3.47. The summed E-state index contributed by atoms with van der Waals surface area (Å²) in [6.45, 7) is 2.89. The molecule has 3 N–H and O–H groups in total. The number of morpholine rings is 1. The molecule has 0 aliphatic carbocycles. The summed E-state index contributed by atoms with van der Waals surface area (Å²) in [6, 6.07) is 1.77. The van der Waals surface area contributed by atoms with Crippen LogP contribution in [0.15, 0.2) is 18.5 Å². The van der Waals surface area contributed by atoms with Crippen molar-refractivity contribution >= 4 is 34.4 Å². The van der Waals surface area contributed by atoms with Gasteiger partial charge in [0.1, 0.15) is 22.3 Å². The fraction of sp³-hybridized carbons (Fsp3) is 0.286. The van der Waals surface area contributed by atoms with E-state index in [2.05, 4.69) is 29.8 Å².